The Bertz CT molecular complexity index is 2790. The monoisotopic (exact) mass is 639 g/mol. The van der Waals surface area contributed by atoms with Gasteiger partial charge >= 0.3 is 0 Å². The molecule has 0 radical (unpaired) electrons. The van der Waals surface area contributed by atoms with Crippen LogP contribution in [0.3, 0.4) is 0 Å². The maximum atomic E-state index is 5.48. The van der Waals surface area contributed by atoms with E-state index in [2.05, 4.69) is 175 Å². The van der Waals surface area contributed by atoms with Gasteiger partial charge in [-0.3, -0.25) is 0 Å². The smallest absolute Gasteiger partial charge is 0.156 e. The average Bonchev–Trinajstić information content (AvgIpc) is 3.53. The van der Waals surface area contributed by atoms with Gasteiger partial charge in [0.2, 0.25) is 0 Å². The van der Waals surface area contributed by atoms with Crippen molar-refractivity contribution in [1.82, 2.24) is 14.5 Å². The summed E-state index contributed by atoms with van der Waals surface area (Å²) in [6.45, 7) is 2.35. The third-order valence-corrected chi connectivity index (χ3v) is 10.4. The highest BCUT2D eigenvalue weighted by Crippen LogP contribution is 2.46. The van der Waals surface area contributed by atoms with Crippen molar-refractivity contribution in [2.75, 3.05) is 0 Å². The SMILES string of the molecule is CC1CC(c2nc(-c3ccc(-c4ccccc4)c4ccccc34)c3ccccc3n2)=Cc2c1n(-c1ccccc1)c1ccc3ccccc3c21. The van der Waals surface area contributed by atoms with Crippen molar-refractivity contribution < 1.29 is 0 Å². The molecule has 1 aliphatic rings. The molecule has 9 aromatic rings. The minimum atomic E-state index is 0.251. The lowest BCUT2D eigenvalue weighted by Gasteiger charge is -2.23. The van der Waals surface area contributed by atoms with Crippen LogP contribution in [-0.2, 0) is 0 Å². The van der Waals surface area contributed by atoms with E-state index in [1.807, 2.05) is 0 Å². The van der Waals surface area contributed by atoms with Crippen molar-refractivity contribution in [2.24, 2.45) is 0 Å². The molecule has 7 aromatic carbocycles. The second-order valence-electron chi connectivity index (χ2n) is 13.4. The number of allylic oxidation sites excluding steroid dienone is 1. The summed E-state index contributed by atoms with van der Waals surface area (Å²) in [5, 5.41) is 7.27. The molecule has 0 N–H and O–H groups in total. The molecule has 0 fully saturated rings. The first kappa shape index (κ1) is 28.7. The first-order chi connectivity index (χ1) is 24.7. The van der Waals surface area contributed by atoms with Gasteiger partial charge in [0.15, 0.2) is 5.82 Å². The van der Waals surface area contributed by atoms with E-state index in [0.717, 1.165) is 34.4 Å². The molecule has 2 heterocycles. The standard InChI is InChI=1S/C47H33N3/c1-30-28-33(29-41-44-36-19-9-8-16-32(36)24-27-43(44)50(46(30)41)34-17-6-3-7-18-34)47-48-42-23-13-12-22-40(42)45(49-47)39-26-25-35(31-14-4-2-5-15-31)37-20-10-11-21-38(37)39/h2-27,29-30H,28H2,1H3. The summed E-state index contributed by atoms with van der Waals surface area (Å²) in [6.07, 6.45) is 3.23. The van der Waals surface area contributed by atoms with Crippen LogP contribution < -0.4 is 0 Å². The number of para-hydroxylation sites is 2. The van der Waals surface area contributed by atoms with Crippen LogP contribution in [0.4, 0.5) is 0 Å². The zero-order valence-corrected chi connectivity index (χ0v) is 27.7. The van der Waals surface area contributed by atoms with Crippen molar-refractivity contribution in [2.45, 2.75) is 19.3 Å². The first-order valence-electron chi connectivity index (χ1n) is 17.4. The third-order valence-electron chi connectivity index (χ3n) is 10.4. The topological polar surface area (TPSA) is 30.7 Å². The lowest BCUT2D eigenvalue weighted by Crippen LogP contribution is -2.10. The highest BCUT2D eigenvalue weighted by molar-refractivity contribution is 6.14. The fraction of sp³-hybridized carbons (Fsp3) is 0.0638. The molecule has 1 atom stereocenters. The molecule has 10 rings (SSSR count). The summed E-state index contributed by atoms with van der Waals surface area (Å²) < 4.78 is 2.47. The van der Waals surface area contributed by atoms with Gasteiger partial charge in [0.1, 0.15) is 0 Å². The number of rotatable bonds is 4. The Morgan fingerprint density at radius 1 is 0.560 bits per heavy atom. The molecule has 0 saturated heterocycles. The van der Waals surface area contributed by atoms with Crippen molar-refractivity contribution >= 4 is 55.0 Å². The van der Waals surface area contributed by atoms with Crippen LogP contribution in [0, 0.1) is 0 Å². The van der Waals surface area contributed by atoms with Crippen LogP contribution in [0.1, 0.15) is 36.3 Å². The number of aromatic nitrogens is 3. The van der Waals surface area contributed by atoms with Gasteiger partial charge in [0, 0.05) is 39.2 Å². The molecule has 50 heavy (non-hydrogen) atoms. The molecule has 236 valence electrons. The zero-order valence-electron chi connectivity index (χ0n) is 27.7. The van der Waals surface area contributed by atoms with Crippen LogP contribution >= 0.6 is 0 Å². The Hall–Kier alpha value is -6.32. The van der Waals surface area contributed by atoms with Crippen LogP contribution in [-0.4, -0.2) is 14.5 Å². The van der Waals surface area contributed by atoms with E-state index >= 15 is 0 Å². The van der Waals surface area contributed by atoms with Crippen molar-refractivity contribution in [1.29, 1.82) is 0 Å². The highest BCUT2D eigenvalue weighted by atomic mass is 15.0. The predicted molar refractivity (Wildman–Crippen MR) is 210 cm³/mol. The van der Waals surface area contributed by atoms with E-state index < -0.39 is 0 Å². The Kier molecular flexibility index (Phi) is 6.53. The number of hydrogen-bond donors (Lipinski definition) is 0. The van der Waals surface area contributed by atoms with E-state index in [1.54, 1.807) is 0 Å². The summed E-state index contributed by atoms with van der Waals surface area (Å²) in [7, 11) is 0. The molecule has 3 nitrogen and oxygen atoms in total. The molecule has 0 aliphatic heterocycles. The Balaban J connectivity index is 1.22. The molecule has 1 unspecified atom stereocenters. The van der Waals surface area contributed by atoms with Gasteiger partial charge in [-0.15, -0.1) is 0 Å². The molecular weight excluding hydrogens is 607 g/mol. The number of fused-ring (bicyclic) bond motifs is 7. The Morgan fingerprint density at radius 2 is 1.20 bits per heavy atom. The number of benzene rings is 7. The summed E-state index contributed by atoms with van der Waals surface area (Å²) >= 11 is 0. The van der Waals surface area contributed by atoms with E-state index in [-0.39, 0.29) is 5.92 Å². The minimum Gasteiger partial charge on any atom is -0.313 e. The van der Waals surface area contributed by atoms with Gasteiger partial charge in [0.25, 0.3) is 0 Å². The van der Waals surface area contributed by atoms with Gasteiger partial charge in [-0.1, -0.05) is 140 Å². The zero-order chi connectivity index (χ0) is 33.2. The number of hydrogen-bond acceptors (Lipinski definition) is 2. The van der Waals surface area contributed by atoms with E-state index in [4.69, 9.17) is 9.97 Å². The van der Waals surface area contributed by atoms with Gasteiger partial charge < -0.3 is 4.57 Å². The lowest BCUT2D eigenvalue weighted by atomic mass is 9.86. The fourth-order valence-electron chi connectivity index (χ4n) is 8.21. The normalized spacial score (nSPS) is 14.3. The number of nitrogens with zero attached hydrogens (tertiary/aromatic N) is 3. The molecule has 0 bridgehead atoms. The second kappa shape index (κ2) is 11.4. The second-order valence-corrected chi connectivity index (χ2v) is 13.4. The lowest BCUT2D eigenvalue weighted by molar-refractivity contribution is 0.729. The molecule has 0 amide bonds. The molecule has 0 spiro atoms. The molecule has 1 aliphatic carbocycles. The van der Waals surface area contributed by atoms with E-state index in [1.165, 1.54) is 66.1 Å². The van der Waals surface area contributed by atoms with Crippen LogP contribution in [0.15, 0.2) is 158 Å². The van der Waals surface area contributed by atoms with Crippen molar-refractivity contribution in [3.63, 3.8) is 0 Å². The Labute approximate surface area is 290 Å². The van der Waals surface area contributed by atoms with Crippen molar-refractivity contribution in [3.05, 3.63) is 175 Å². The average molecular weight is 640 g/mol. The van der Waals surface area contributed by atoms with Gasteiger partial charge in [-0.25, -0.2) is 9.97 Å². The summed E-state index contributed by atoms with van der Waals surface area (Å²) in [5.41, 5.74) is 11.7. The largest absolute Gasteiger partial charge is 0.313 e. The predicted octanol–water partition coefficient (Wildman–Crippen LogP) is 12.3. The van der Waals surface area contributed by atoms with E-state index in [9.17, 15) is 0 Å². The van der Waals surface area contributed by atoms with Crippen molar-refractivity contribution in [3.8, 4) is 28.1 Å². The summed E-state index contributed by atoms with van der Waals surface area (Å²) in [5.74, 6) is 1.05. The molecular formula is C47H33N3. The quantitative estimate of drug-likeness (QED) is 0.192. The van der Waals surface area contributed by atoms with Gasteiger partial charge in [0.05, 0.1) is 16.7 Å². The van der Waals surface area contributed by atoms with Crippen LogP contribution in [0.2, 0.25) is 0 Å². The highest BCUT2D eigenvalue weighted by Gasteiger charge is 2.29. The van der Waals surface area contributed by atoms with Crippen LogP contribution in [0.5, 0.6) is 0 Å². The van der Waals surface area contributed by atoms with Gasteiger partial charge in [-0.05, 0) is 75.0 Å². The minimum absolute atomic E-state index is 0.251. The maximum Gasteiger partial charge on any atom is 0.156 e. The van der Waals surface area contributed by atoms with E-state index in [0.29, 0.717) is 0 Å². The summed E-state index contributed by atoms with van der Waals surface area (Å²) in [4.78, 5) is 10.7. The van der Waals surface area contributed by atoms with Crippen LogP contribution in [0.25, 0.3) is 83.1 Å². The Morgan fingerprint density at radius 3 is 2.00 bits per heavy atom. The molecule has 0 saturated carbocycles. The summed E-state index contributed by atoms with van der Waals surface area (Å²) in [6, 6.07) is 56.4. The molecule has 3 heteroatoms. The fourth-order valence-corrected chi connectivity index (χ4v) is 8.21. The third kappa shape index (κ3) is 4.44. The first-order valence-corrected chi connectivity index (χ1v) is 17.4. The molecule has 2 aromatic heterocycles. The van der Waals surface area contributed by atoms with Gasteiger partial charge in [-0.2, -0.15) is 0 Å². The maximum absolute atomic E-state index is 5.48.